The number of rotatable bonds is 3. The van der Waals surface area contributed by atoms with Gasteiger partial charge in [0.2, 0.25) is 0 Å². The lowest BCUT2D eigenvalue weighted by Crippen LogP contribution is -2.31. The van der Waals surface area contributed by atoms with E-state index in [9.17, 15) is 9.59 Å². The summed E-state index contributed by atoms with van der Waals surface area (Å²) in [5.41, 5.74) is -1.05. The number of H-pyrrole nitrogens is 1. The molecular weight excluding hydrogens is 194 g/mol. The van der Waals surface area contributed by atoms with Gasteiger partial charge in [-0.05, 0) is 12.3 Å². The third-order valence-electron chi connectivity index (χ3n) is 2.61. The Morgan fingerprint density at radius 3 is 2.87 bits per heavy atom. The van der Waals surface area contributed by atoms with E-state index in [0.29, 0.717) is 6.54 Å². The van der Waals surface area contributed by atoms with Crippen LogP contribution in [0.25, 0.3) is 0 Å². The van der Waals surface area contributed by atoms with Gasteiger partial charge in [0.15, 0.2) is 0 Å². The van der Waals surface area contributed by atoms with Crippen LogP contribution in [-0.2, 0) is 6.54 Å². The van der Waals surface area contributed by atoms with Crippen molar-refractivity contribution in [3.8, 4) is 6.07 Å². The van der Waals surface area contributed by atoms with Crippen LogP contribution in [0.5, 0.6) is 0 Å². The third kappa shape index (κ3) is 2.15. The van der Waals surface area contributed by atoms with Crippen molar-refractivity contribution in [2.45, 2.75) is 25.8 Å². The molecule has 0 radical (unpaired) electrons. The predicted octanol–water partition coefficient (Wildman–Crippen LogP) is 0.208. The fourth-order valence-corrected chi connectivity index (χ4v) is 1.48. The van der Waals surface area contributed by atoms with Gasteiger partial charge in [-0.3, -0.25) is 14.3 Å². The molecule has 1 fully saturated rings. The molecule has 2 rings (SSSR count). The summed E-state index contributed by atoms with van der Waals surface area (Å²) in [6.07, 6.45) is 4.73. The second kappa shape index (κ2) is 3.73. The Labute approximate surface area is 86.0 Å². The Hall–Kier alpha value is -1.83. The molecule has 1 aliphatic rings. The molecule has 0 atom stereocenters. The number of hydrogen-bond donors (Lipinski definition) is 1. The van der Waals surface area contributed by atoms with E-state index in [2.05, 4.69) is 4.98 Å². The van der Waals surface area contributed by atoms with E-state index in [0.717, 1.165) is 12.3 Å². The van der Waals surface area contributed by atoms with E-state index < -0.39 is 11.2 Å². The van der Waals surface area contributed by atoms with Crippen molar-refractivity contribution >= 4 is 0 Å². The zero-order valence-corrected chi connectivity index (χ0v) is 8.19. The molecule has 0 bridgehead atoms. The molecular formula is C10H11N3O2. The Morgan fingerprint density at radius 1 is 1.53 bits per heavy atom. The minimum Gasteiger partial charge on any atom is -0.299 e. The second-order valence-electron chi connectivity index (χ2n) is 3.84. The molecule has 0 amide bonds. The summed E-state index contributed by atoms with van der Waals surface area (Å²) in [5.74, 6) is 0.717. The standard InChI is InChI=1S/C10H11N3O2/c11-5-8-6-13(4-3-7-1-2-7)10(15)12-9(8)14/h6-7H,1-4H2,(H,12,14,15). The fourth-order valence-electron chi connectivity index (χ4n) is 1.48. The third-order valence-corrected chi connectivity index (χ3v) is 2.61. The van der Waals surface area contributed by atoms with Crippen LogP contribution >= 0.6 is 0 Å². The normalized spacial score (nSPS) is 14.9. The molecule has 15 heavy (non-hydrogen) atoms. The molecule has 78 valence electrons. The average Bonchev–Trinajstić information content (AvgIpc) is 3.00. The SMILES string of the molecule is N#Cc1cn(CCC2CC2)c(=O)[nH]c1=O. The van der Waals surface area contributed by atoms with Gasteiger partial charge < -0.3 is 0 Å². The Bertz CT molecular complexity index is 517. The number of aromatic nitrogens is 2. The van der Waals surface area contributed by atoms with Gasteiger partial charge in [0, 0.05) is 12.7 Å². The summed E-state index contributed by atoms with van der Waals surface area (Å²) in [7, 11) is 0. The van der Waals surface area contributed by atoms with Gasteiger partial charge in [0.05, 0.1) is 0 Å². The second-order valence-corrected chi connectivity index (χ2v) is 3.84. The van der Waals surface area contributed by atoms with E-state index in [1.165, 1.54) is 23.6 Å². The lowest BCUT2D eigenvalue weighted by Gasteiger charge is -2.03. The van der Waals surface area contributed by atoms with Crippen LogP contribution in [0.4, 0.5) is 0 Å². The van der Waals surface area contributed by atoms with Crippen molar-refractivity contribution < 1.29 is 0 Å². The first-order valence-electron chi connectivity index (χ1n) is 4.94. The maximum absolute atomic E-state index is 11.3. The summed E-state index contributed by atoms with van der Waals surface area (Å²) < 4.78 is 1.40. The monoisotopic (exact) mass is 205 g/mol. The van der Waals surface area contributed by atoms with Crippen LogP contribution in [0.3, 0.4) is 0 Å². The largest absolute Gasteiger partial charge is 0.328 e. The molecule has 5 heteroatoms. The molecule has 1 aromatic heterocycles. The number of aromatic amines is 1. The molecule has 5 nitrogen and oxygen atoms in total. The van der Waals surface area contributed by atoms with Crippen LogP contribution in [-0.4, -0.2) is 9.55 Å². The summed E-state index contributed by atoms with van der Waals surface area (Å²) >= 11 is 0. The van der Waals surface area contributed by atoms with Crippen LogP contribution in [0.1, 0.15) is 24.8 Å². The maximum atomic E-state index is 11.3. The lowest BCUT2D eigenvalue weighted by atomic mass is 10.3. The Balaban J connectivity index is 2.25. The van der Waals surface area contributed by atoms with Crippen molar-refractivity contribution in [2.75, 3.05) is 0 Å². The minimum atomic E-state index is -0.606. The smallest absolute Gasteiger partial charge is 0.299 e. The number of nitrogens with one attached hydrogen (secondary N) is 1. The first kappa shape index (κ1) is 9.71. The molecule has 1 saturated carbocycles. The molecule has 0 saturated heterocycles. The molecule has 0 aromatic carbocycles. The van der Waals surface area contributed by atoms with Crippen molar-refractivity contribution in [3.05, 3.63) is 32.6 Å². The fraction of sp³-hybridized carbons (Fsp3) is 0.500. The zero-order valence-electron chi connectivity index (χ0n) is 8.19. The van der Waals surface area contributed by atoms with Crippen molar-refractivity contribution in [1.29, 1.82) is 5.26 Å². The number of nitrogens with zero attached hydrogens (tertiary/aromatic N) is 2. The highest BCUT2D eigenvalue weighted by molar-refractivity contribution is 5.21. The van der Waals surface area contributed by atoms with Gasteiger partial charge in [-0.2, -0.15) is 5.26 Å². The quantitative estimate of drug-likeness (QED) is 0.766. The average molecular weight is 205 g/mol. The molecule has 0 spiro atoms. The minimum absolute atomic E-state index is 0.00889. The molecule has 1 heterocycles. The first-order valence-corrected chi connectivity index (χ1v) is 4.94. The van der Waals surface area contributed by atoms with Crippen LogP contribution in [0, 0.1) is 17.2 Å². The van der Waals surface area contributed by atoms with E-state index in [1.807, 2.05) is 0 Å². The molecule has 1 aromatic rings. The van der Waals surface area contributed by atoms with Crippen molar-refractivity contribution in [3.63, 3.8) is 0 Å². The van der Waals surface area contributed by atoms with Crippen molar-refractivity contribution in [2.24, 2.45) is 5.92 Å². The van der Waals surface area contributed by atoms with Gasteiger partial charge in [-0.25, -0.2) is 4.79 Å². The number of nitriles is 1. The maximum Gasteiger partial charge on any atom is 0.328 e. The van der Waals surface area contributed by atoms with E-state index in [4.69, 9.17) is 5.26 Å². The van der Waals surface area contributed by atoms with Gasteiger partial charge in [0.1, 0.15) is 11.6 Å². The molecule has 1 N–H and O–H groups in total. The summed E-state index contributed by atoms with van der Waals surface area (Å²) in [6.45, 7) is 0.578. The number of aryl methyl sites for hydroxylation is 1. The first-order chi connectivity index (χ1) is 7.20. The molecule has 0 unspecified atom stereocenters. The van der Waals surface area contributed by atoms with Crippen LogP contribution in [0.15, 0.2) is 15.8 Å². The van der Waals surface area contributed by atoms with E-state index in [-0.39, 0.29) is 5.56 Å². The topological polar surface area (TPSA) is 78.7 Å². The summed E-state index contributed by atoms with van der Waals surface area (Å²) in [4.78, 5) is 24.6. The van der Waals surface area contributed by atoms with Crippen LogP contribution in [0.2, 0.25) is 0 Å². The van der Waals surface area contributed by atoms with Gasteiger partial charge >= 0.3 is 5.69 Å². The zero-order chi connectivity index (χ0) is 10.8. The Morgan fingerprint density at radius 2 is 2.27 bits per heavy atom. The van der Waals surface area contributed by atoms with Gasteiger partial charge in [-0.15, -0.1) is 0 Å². The lowest BCUT2D eigenvalue weighted by molar-refractivity contribution is 0.567. The summed E-state index contributed by atoms with van der Waals surface area (Å²) in [5, 5.41) is 8.64. The summed E-state index contributed by atoms with van der Waals surface area (Å²) in [6, 6.07) is 1.76. The van der Waals surface area contributed by atoms with E-state index >= 15 is 0 Å². The van der Waals surface area contributed by atoms with E-state index in [1.54, 1.807) is 6.07 Å². The highest BCUT2D eigenvalue weighted by Gasteiger charge is 2.20. The Kier molecular flexibility index (Phi) is 2.42. The van der Waals surface area contributed by atoms with Crippen molar-refractivity contribution in [1.82, 2.24) is 9.55 Å². The number of hydrogen-bond acceptors (Lipinski definition) is 3. The molecule has 1 aliphatic carbocycles. The van der Waals surface area contributed by atoms with Gasteiger partial charge in [0.25, 0.3) is 5.56 Å². The highest BCUT2D eigenvalue weighted by atomic mass is 16.2. The predicted molar refractivity (Wildman–Crippen MR) is 53.4 cm³/mol. The van der Waals surface area contributed by atoms with Gasteiger partial charge in [-0.1, -0.05) is 12.8 Å². The van der Waals surface area contributed by atoms with Crippen LogP contribution < -0.4 is 11.2 Å². The molecule has 0 aliphatic heterocycles. The highest BCUT2D eigenvalue weighted by Crippen LogP contribution is 2.32.